The lowest BCUT2D eigenvalue weighted by molar-refractivity contribution is 1.53. The predicted octanol–water partition coefficient (Wildman–Crippen LogP) is 7.46. The van der Waals surface area contributed by atoms with Gasteiger partial charge in [0.2, 0.25) is 0 Å². The lowest BCUT2D eigenvalue weighted by atomic mass is 9.92. The van der Waals surface area contributed by atoms with E-state index in [-0.39, 0.29) is 0 Å². The molecule has 0 spiro atoms. The summed E-state index contributed by atoms with van der Waals surface area (Å²) in [5.41, 5.74) is 3.75. The average Bonchev–Trinajstić information content (AvgIpc) is 2.94. The van der Waals surface area contributed by atoms with Gasteiger partial charge in [-0.2, -0.15) is 0 Å². The third-order valence-electron chi connectivity index (χ3n) is 6.63. The van der Waals surface area contributed by atoms with Gasteiger partial charge in [0.15, 0.2) is 0 Å². The highest BCUT2D eigenvalue weighted by molar-refractivity contribution is 7.80. The summed E-state index contributed by atoms with van der Waals surface area (Å²) < 4.78 is 0. The molecular weight excluding hydrogens is 441 g/mol. The van der Waals surface area contributed by atoms with E-state index in [0.717, 1.165) is 5.69 Å². The summed E-state index contributed by atoms with van der Waals surface area (Å²) in [5.74, 6) is 0. The first kappa shape index (κ1) is 21.6. The first-order valence-corrected chi connectivity index (χ1v) is 13.3. The quantitative estimate of drug-likeness (QED) is 0.260. The summed E-state index contributed by atoms with van der Waals surface area (Å²) >= 11 is 0. The van der Waals surface area contributed by atoms with E-state index in [1.165, 1.54) is 48.6 Å². The van der Waals surface area contributed by atoms with Crippen LogP contribution >= 0.6 is 7.92 Å². The Morgan fingerprint density at radius 1 is 0.457 bits per heavy atom. The van der Waals surface area contributed by atoms with E-state index in [9.17, 15) is 0 Å². The van der Waals surface area contributed by atoms with Gasteiger partial charge in [0.25, 0.3) is 0 Å². The summed E-state index contributed by atoms with van der Waals surface area (Å²) in [4.78, 5) is 0. The van der Waals surface area contributed by atoms with Gasteiger partial charge in [0.05, 0.1) is 0 Å². The van der Waals surface area contributed by atoms with E-state index >= 15 is 0 Å². The fourth-order valence-electron chi connectivity index (χ4n) is 5.04. The molecule has 0 fully saturated rings. The molecule has 0 saturated heterocycles. The van der Waals surface area contributed by atoms with Gasteiger partial charge in [0, 0.05) is 23.9 Å². The largest absolute Gasteiger partial charge is 0.388 e. The van der Waals surface area contributed by atoms with E-state index < -0.39 is 7.92 Å². The van der Waals surface area contributed by atoms with Crippen LogP contribution in [-0.2, 0) is 0 Å². The Bertz CT molecular complexity index is 1580. The Kier molecular flexibility index (Phi) is 5.78. The third kappa shape index (κ3) is 3.89. The zero-order chi connectivity index (χ0) is 23.6. The van der Waals surface area contributed by atoms with Crippen molar-refractivity contribution in [2.75, 3.05) is 12.4 Å². The molecule has 6 aromatic rings. The normalized spacial score (nSPS) is 11.3. The van der Waals surface area contributed by atoms with Crippen LogP contribution < -0.4 is 21.2 Å². The van der Waals surface area contributed by atoms with Crippen LogP contribution in [-0.4, -0.2) is 7.05 Å². The van der Waals surface area contributed by atoms with Crippen LogP contribution in [0.3, 0.4) is 0 Å². The van der Waals surface area contributed by atoms with Crippen LogP contribution in [0.1, 0.15) is 0 Å². The molecule has 0 radical (unpaired) electrons. The minimum Gasteiger partial charge on any atom is -0.388 e. The molecule has 0 bridgehead atoms. The van der Waals surface area contributed by atoms with Crippen molar-refractivity contribution in [3.63, 3.8) is 0 Å². The first-order valence-electron chi connectivity index (χ1n) is 12.0. The van der Waals surface area contributed by atoms with Crippen molar-refractivity contribution < 1.29 is 0 Å². The van der Waals surface area contributed by atoms with Gasteiger partial charge in [-0.25, -0.2) is 0 Å². The second-order valence-corrected chi connectivity index (χ2v) is 10.8. The fourth-order valence-corrected chi connectivity index (χ4v) is 7.51. The molecule has 0 amide bonds. The van der Waals surface area contributed by atoms with Gasteiger partial charge in [-0.15, -0.1) is 0 Å². The first-order chi connectivity index (χ1) is 17.3. The smallest absolute Gasteiger partial charge is 0.0424 e. The molecule has 2 heteroatoms. The Balaban J connectivity index is 1.77. The molecule has 6 aromatic carbocycles. The molecule has 0 aromatic heterocycles. The highest BCUT2D eigenvalue weighted by Crippen LogP contribution is 2.44. The number of fused-ring (bicyclic) bond motifs is 2. The Hall–Kier alpha value is -3.93. The highest BCUT2D eigenvalue weighted by Gasteiger charge is 2.24. The zero-order valence-corrected chi connectivity index (χ0v) is 20.5. The molecule has 168 valence electrons. The van der Waals surface area contributed by atoms with Crippen molar-refractivity contribution in [1.29, 1.82) is 0 Å². The number of anilines is 1. The number of rotatable bonds is 5. The molecule has 1 nitrogen and oxygen atoms in total. The number of nitrogens with one attached hydrogen (secondary N) is 1. The standard InChI is InChI=1S/C33H26NP/c1-34-30-22-20-24-12-8-10-18-28(24)32(30)33-29-19-11-9-13-25(29)21-23-31(33)35(26-14-4-2-5-15-26)27-16-6-3-7-17-27/h2-23,34H,1H3. The van der Waals surface area contributed by atoms with Crippen LogP contribution in [0.2, 0.25) is 0 Å². The monoisotopic (exact) mass is 467 g/mol. The van der Waals surface area contributed by atoms with E-state index in [1.807, 2.05) is 7.05 Å². The maximum Gasteiger partial charge on any atom is 0.0424 e. The highest BCUT2D eigenvalue weighted by atomic mass is 31.1. The predicted molar refractivity (Wildman–Crippen MR) is 155 cm³/mol. The van der Waals surface area contributed by atoms with Crippen LogP contribution in [0.5, 0.6) is 0 Å². The minimum atomic E-state index is -0.764. The maximum atomic E-state index is 3.50. The second-order valence-electron chi connectivity index (χ2n) is 8.65. The molecule has 0 atom stereocenters. The average molecular weight is 468 g/mol. The fraction of sp³-hybridized carbons (Fsp3) is 0.0303. The van der Waals surface area contributed by atoms with E-state index in [2.05, 4.69) is 139 Å². The number of hydrogen-bond acceptors (Lipinski definition) is 1. The van der Waals surface area contributed by atoms with Crippen molar-refractivity contribution in [3.8, 4) is 11.1 Å². The van der Waals surface area contributed by atoms with E-state index in [1.54, 1.807) is 0 Å². The second kappa shape index (κ2) is 9.37. The topological polar surface area (TPSA) is 12.0 Å². The summed E-state index contributed by atoms with van der Waals surface area (Å²) in [6.07, 6.45) is 0. The van der Waals surface area contributed by atoms with Crippen LogP contribution in [0.4, 0.5) is 5.69 Å². The van der Waals surface area contributed by atoms with Crippen molar-refractivity contribution in [2.24, 2.45) is 0 Å². The van der Waals surface area contributed by atoms with Gasteiger partial charge in [0.1, 0.15) is 0 Å². The molecular formula is C33H26NP. The summed E-state index contributed by atoms with van der Waals surface area (Å²) in [5, 5.41) is 12.7. The van der Waals surface area contributed by atoms with Crippen LogP contribution in [0, 0.1) is 0 Å². The van der Waals surface area contributed by atoms with E-state index in [4.69, 9.17) is 0 Å². The molecule has 0 unspecified atom stereocenters. The molecule has 0 aliphatic carbocycles. The number of hydrogen-bond donors (Lipinski definition) is 1. The van der Waals surface area contributed by atoms with E-state index in [0.29, 0.717) is 0 Å². The van der Waals surface area contributed by atoms with Gasteiger partial charge < -0.3 is 5.32 Å². The minimum absolute atomic E-state index is 0.764. The van der Waals surface area contributed by atoms with Gasteiger partial charge >= 0.3 is 0 Å². The van der Waals surface area contributed by atoms with Crippen molar-refractivity contribution in [1.82, 2.24) is 0 Å². The number of benzene rings is 6. The van der Waals surface area contributed by atoms with Crippen molar-refractivity contribution >= 4 is 51.1 Å². The molecule has 0 aliphatic rings. The van der Waals surface area contributed by atoms with Crippen molar-refractivity contribution in [3.05, 3.63) is 133 Å². The molecule has 1 N–H and O–H groups in total. The lowest BCUT2D eigenvalue weighted by Crippen LogP contribution is -2.22. The van der Waals surface area contributed by atoms with Crippen LogP contribution in [0.15, 0.2) is 133 Å². The van der Waals surface area contributed by atoms with Crippen LogP contribution in [0.25, 0.3) is 32.7 Å². The Morgan fingerprint density at radius 3 is 1.51 bits per heavy atom. The lowest BCUT2D eigenvalue weighted by Gasteiger charge is -2.25. The Morgan fingerprint density at radius 2 is 0.943 bits per heavy atom. The maximum absolute atomic E-state index is 3.50. The molecule has 6 rings (SSSR count). The SMILES string of the molecule is CNc1ccc2ccccc2c1-c1c(P(c2ccccc2)c2ccccc2)ccc2ccccc12. The summed E-state index contributed by atoms with van der Waals surface area (Å²) in [6, 6.07) is 48.6. The summed E-state index contributed by atoms with van der Waals surface area (Å²) in [6.45, 7) is 0. The van der Waals surface area contributed by atoms with Crippen molar-refractivity contribution in [2.45, 2.75) is 0 Å². The van der Waals surface area contributed by atoms with Gasteiger partial charge in [-0.3, -0.25) is 0 Å². The molecule has 0 heterocycles. The third-order valence-corrected chi connectivity index (χ3v) is 9.11. The zero-order valence-electron chi connectivity index (χ0n) is 19.6. The summed E-state index contributed by atoms with van der Waals surface area (Å²) in [7, 11) is 1.26. The molecule has 35 heavy (non-hydrogen) atoms. The molecule has 0 aliphatic heterocycles. The molecule has 0 saturated carbocycles. The van der Waals surface area contributed by atoms with Gasteiger partial charge in [-0.05, 0) is 51.4 Å². The van der Waals surface area contributed by atoms with Gasteiger partial charge in [-0.1, -0.05) is 127 Å². The Labute approximate surface area is 207 Å².